The third-order valence-electron chi connectivity index (χ3n) is 2.53. The molecule has 0 saturated heterocycles. The van der Waals surface area contributed by atoms with Gasteiger partial charge in [-0.1, -0.05) is 13.8 Å². The van der Waals surface area contributed by atoms with Gasteiger partial charge in [-0.25, -0.2) is 9.97 Å². The molecule has 0 radical (unpaired) electrons. The van der Waals surface area contributed by atoms with Crippen molar-refractivity contribution in [3.8, 4) is 6.07 Å². The maximum Gasteiger partial charge on any atom is 0.141 e. The first-order chi connectivity index (χ1) is 8.10. The number of fused-ring (bicyclic) bond motifs is 1. The zero-order chi connectivity index (χ0) is 12.4. The first-order valence-electron chi connectivity index (χ1n) is 5.55. The maximum atomic E-state index is 8.95. The highest BCUT2D eigenvalue weighted by atomic mass is 14.8. The van der Waals surface area contributed by atoms with E-state index in [4.69, 9.17) is 11.0 Å². The number of pyridine rings is 2. The Kier molecular flexibility index (Phi) is 2.92. The van der Waals surface area contributed by atoms with Crippen LogP contribution < -0.4 is 5.73 Å². The zero-order valence-electron chi connectivity index (χ0n) is 9.94. The van der Waals surface area contributed by atoms with E-state index < -0.39 is 0 Å². The number of nitrogens with zero attached hydrogens (tertiary/aromatic N) is 3. The highest BCUT2D eigenvalue weighted by Gasteiger charge is 2.08. The van der Waals surface area contributed by atoms with E-state index in [9.17, 15) is 0 Å². The summed E-state index contributed by atoms with van der Waals surface area (Å²) in [6.07, 6.45) is 2.52. The zero-order valence-corrected chi connectivity index (χ0v) is 9.94. The summed E-state index contributed by atoms with van der Waals surface area (Å²) >= 11 is 0. The average Bonchev–Trinajstić information content (AvgIpc) is 2.28. The van der Waals surface area contributed by atoms with E-state index in [2.05, 4.69) is 29.9 Å². The number of hydrogen-bond acceptors (Lipinski definition) is 4. The van der Waals surface area contributed by atoms with E-state index in [0.717, 1.165) is 22.9 Å². The largest absolute Gasteiger partial charge is 0.384 e. The predicted molar refractivity (Wildman–Crippen MR) is 67.2 cm³/mol. The van der Waals surface area contributed by atoms with Crippen LogP contribution in [0.1, 0.15) is 25.2 Å². The van der Waals surface area contributed by atoms with Crippen LogP contribution in [0, 0.1) is 17.2 Å². The fourth-order valence-electron chi connectivity index (χ4n) is 1.83. The van der Waals surface area contributed by atoms with Gasteiger partial charge in [0.1, 0.15) is 17.6 Å². The van der Waals surface area contributed by atoms with Crippen LogP contribution in [0.2, 0.25) is 0 Å². The molecule has 0 aliphatic heterocycles. The van der Waals surface area contributed by atoms with Crippen molar-refractivity contribution in [2.75, 3.05) is 5.73 Å². The molecule has 2 heterocycles. The molecule has 2 rings (SSSR count). The molecule has 0 atom stereocenters. The molecule has 0 aromatic carbocycles. The molecular weight excluding hydrogens is 212 g/mol. The van der Waals surface area contributed by atoms with Crippen LogP contribution in [-0.4, -0.2) is 9.97 Å². The first kappa shape index (κ1) is 11.3. The van der Waals surface area contributed by atoms with Crippen LogP contribution >= 0.6 is 0 Å². The molecule has 0 unspecified atom stereocenters. The van der Waals surface area contributed by atoms with Gasteiger partial charge >= 0.3 is 0 Å². The van der Waals surface area contributed by atoms with Crippen LogP contribution in [0.3, 0.4) is 0 Å². The van der Waals surface area contributed by atoms with Gasteiger partial charge in [-0.05, 0) is 24.5 Å². The summed E-state index contributed by atoms with van der Waals surface area (Å²) in [5.41, 5.74) is 7.04. The van der Waals surface area contributed by atoms with Gasteiger partial charge in [0, 0.05) is 17.0 Å². The van der Waals surface area contributed by atoms with Crippen molar-refractivity contribution in [3.05, 3.63) is 29.7 Å². The van der Waals surface area contributed by atoms with E-state index >= 15 is 0 Å². The molecule has 4 heteroatoms. The average molecular weight is 226 g/mol. The van der Waals surface area contributed by atoms with Gasteiger partial charge in [-0.3, -0.25) is 0 Å². The summed E-state index contributed by atoms with van der Waals surface area (Å²) in [4.78, 5) is 8.40. The Balaban J connectivity index is 2.68. The van der Waals surface area contributed by atoms with Gasteiger partial charge in [-0.15, -0.1) is 0 Å². The summed E-state index contributed by atoms with van der Waals surface area (Å²) in [6, 6.07) is 5.64. The summed E-state index contributed by atoms with van der Waals surface area (Å²) in [6.45, 7) is 4.24. The first-order valence-corrected chi connectivity index (χ1v) is 5.55. The molecule has 2 aromatic rings. The number of rotatable bonds is 2. The Hall–Kier alpha value is -2.15. The SMILES string of the molecule is CC(C)Cc1nc(C#N)cc2cnc(N)cc12. The lowest BCUT2D eigenvalue weighted by molar-refractivity contribution is 0.638. The van der Waals surface area contributed by atoms with E-state index in [-0.39, 0.29) is 0 Å². The molecule has 0 saturated carbocycles. The van der Waals surface area contributed by atoms with Crippen molar-refractivity contribution in [3.63, 3.8) is 0 Å². The van der Waals surface area contributed by atoms with Gasteiger partial charge in [0.2, 0.25) is 0 Å². The van der Waals surface area contributed by atoms with Crippen molar-refractivity contribution in [1.82, 2.24) is 9.97 Å². The van der Waals surface area contributed by atoms with Gasteiger partial charge < -0.3 is 5.73 Å². The van der Waals surface area contributed by atoms with E-state index in [1.54, 1.807) is 12.3 Å². The number of anilines is 1. The van der Waals surface area contributed by atoms with Crippen molar-refractivity contribution in [2.45, 2.75) is 20.3 Å². The Morgan fingerprint density at radius 1 is 1.41 bits per heavy atom. The molecule has 0 fully saturated rings. The van der Waals surface area contributed by atoms with Crippen LogP contribution in [0.4, 0.5) is 5.82 Å². The maximum absolute atomic E-state index is 8.95. The number of nitriles is 1. The van der Waals surface area contributed by atoms with E-state index in [1.165, 1.54) is 0 Å². The second kappa shape index (κ2) is 4.38. The standard InChI is InChI=1S/C13H14N4/c1-8(2)3-12-11-5-13(15)16-7-9(11)4-10(6-14)17-12/h4-5,7-8H,3H2,1-2H3,(H2,15,16). The molecule has 2 aromatic heterocycles. The molecular formula is C13H14N4. The summed E-state index contributed by atoms with van der Waals surface area (Å²) < 4.78 is 0. The summed E-state index contributed by atoms with van der Waals surface area (Å²) in [5.74, 6) is 0.961. The molecule has 0 aliphatic carbocycles. The summed E-state index contributed by atoms with van der Waals surface area (Å²) in [5, 5.41) is 10.9. The quantitative estimate of drug-likeness (QED) is 0.852. The lowest BCUT2D eigenvalue weighted by atomic mass is 10.0. The topological polar surface area (TPSA) is 75.6 Å². The molecule has 17 heavy (non-hydrogen) atoms. The third kappa shape index (κ3) is 2.34. The van der Waals surface area contributed by atoms with Crippen molar-refractivity contribution < 1.29 is 0 Å². The number of aromatic nitrogens is 2. The molecule has 0 bridgehead atoms. The number of hydrogen-bond donors (Lipinski definition) is 1. The Labute approximate surface area is 100 Å². The highest BCUT2D eigenvalue weighted by Crippen LogP contribution is 2.21. The number of nitrogen functional groups attached to an aromatic ring is 1. The highest BCUT2D eigenvalue weighted by molar-refractivity contribution is 5.86. The Morgan fingerprint density at radius 2 is 2.18 bits per heavy atom. The normalized spacial score (nSPS) is 10.7. The van der Waals surface area contributed by atoms with Crippen molar-refractivity contribution in [2.24, 2.45) is 5.92 Å². The van der Waals surface area contributed by atoms with Crippen molar-refractivity contribution in [1.29, 1.82) is 5.26 Å². The van der Waals surface area contributed by atoms with Gasteiger partial charge in [0.15, 0.2) is 0 Å². The molecule has 0 spiro atoms. The predicted octanol–water partition coefficient (Wildman–Crippen LogP) is 2.28. The minimum atomic E-state index is 0.430. The van der Waals surface area contributed by atoms with E-state index in [0.29, 0.717) is 17.4 Å². The fraction of sp³-hybridized carbons (Fsp3) is 0.308. The summed E-state index contributed by atoms with van der Waals surface area (Å²) in [7, 11) is 0. The third-order valence-corrected chi connectivity index (χ3v) is 2.53. The second-order valence-corrected chi connectivity index (χ2v) is 4.49. The van der Waals surface area contributed by atoms with E-state index in [1.807, 2.05) is 6.07 Å². The van der Waals surface area contributed by atoms with Gasteiger partial charge in [0.05, 0.1) is 5.69 Å². The fourth-order valence-corrected chi connectivity index (χ4v) is 1.83. The lowest BCUT2D eigenvalue weighted by Gasteiger charge is -2.09. The second-order valence-electron chi connectivity index (χ2n) is 4.49. The smallest absolute Gasteiger partial charge is 0.141 e. The van der Waals surface area contributed by atoms with Crippen LogP contribution in [0.25, 0.3) is 10.8 Å². The van der Waals surface area contributed by atoms with Crippen LogP contribution in [0.15, 0.2) is 18.3 Å². The Bertz CT molecular complexity index is 596. The van der Waals surface area contributed by atoms with Crippen LogP contribution in [0.5, 0.6) is 0 Å². The number of nitrogens with two attached hydrogens (primary N) is 1. The van der Waals surface area contributed by atoms with Crippen molar-refractivity contribution >= 4 is 16.6 Å². The molecule has 86 valence electrons. The molecule has 2 N–H and O–H groups in total. The minimum absolute atomic E-state index is 0.430. The van der Waals surface area contributed by atoms with Gasteiger partial charge in [0.25, 0.3) is 0 Å². The minimum Gasteiger partial charge on any atom is -0.384 e. The van der Waals surface area contributed by atoms with Gasteiger partial charge in [-0.2, -0.15) is 5.26 Å². The molecule has 0 aliphatic rings. The molecule has 0 amide bonds. The van der Waals surface area contributed by atoms with Crippen LogP contribution in [-0.2, 0) is 6.42 Å². The Morgan fingerprint density at radius 3 is 2.82 bits per heavy atom. The monoisotopic (exact) mass is 226 g/mol. The molecule has 4 nitrogen and oxygen atoms in total. The lowest BCUT2D eigenvalue weighted by Crippen LogP contribution is -2.01.